The Labute approximate surface area is 181 Å². The van der Waals surface area contributed by atoms with Gasteiger partial charge in [0.2, 0.25) is 5.91 Å². The molecule has 3 amide bonds. The minimum absolute atomic E-state index is 0.267. The topological polar surface area (TPSA) is 66.5 Å². The molecule has 0 aliphatic carbocycles. The molecule has 148 valence electrons. The first kappa shape index (κ1) is 18.8. The van der Waals surface area contributed by atoms with Crippen LogP contribution in [-0.4, -0.2) is 28.7 Å². The highest BCUT2D eigenvalue weighted by atomic mass is 79.9. The fourth-order valence-corrected chi connectivity index (χ4v) is 4.62. The van der Waals surface area contributed by atoms with E-state index >= 15 is 0 Å². The highest BCUT2D eigenvalue weighted by Gasteiger charge is 2.44. The van der Waals surface area contributed by atoms with Crippen LogP contribution >= 0.6 is 15.9 Å². The first-order valence-electron chi connectivity index (χ1n) is 9.65. The zero-order valence-electron chi connectivity index (χ0n) is 15.8. The van der Waals surface area contributed by atoms with Gasteiger partial charge in [0.25, 0.3) is 11.8 Å². The lowest BCUT2D eigenvalue weighted by Gasteiger charge is -2.24. The standard InChI is InChI=1S/C24H17BrN2O3/c25-16-11-10-15-12-20(27-23(29)17-8-4-5-9-18(17)24(27)30)22(28)26-21(19(15)13-16)14-6-2-1-3-7-14/h1-11,13,20-21H,12H2,(H,26,28)/t20-,21?/m0/s1. The van der Waals surface area contributed by atoms with E-state index in [1.165, 1.54) is 0 Å². The lowest BCUT2D eigenvalue weighted by molar-refractivity contribution is -0.125. The molecule has 0 fully saturated rings. The van der Waals surface area contributed by atoms with E-state index in [0.717, 1.165) is 26.1 Å². The Morgan fingerprint density at radius 3 is 2.13 bits per heavy atom. The molecule has 3 aromatic rings. The summed E-state index contributed by atoms with van der Waals surface area (Å²) in [6.07, 6.45) is 0.267. The van der Waals surface area contributed by atoms with Gasteiger partial charge in [-0.2, -0.15) is 0 Å². The number of imide groups is 1. The molecular formula is C24H17BrN2O3. The average Bonchev–Trinajstić information content (AvgIpc) is 2.92. The Kier molecular flexibility index (Phi) is 4.51. The van der Waals surface area contributed by atoms with E-state index in [1.54, 1.807) is 24.3 Å². The second-order valence-corrected chi connectivity index (χ2v) is 8.36. The summed E-state index contributed by atoms with van der Waals surface area (Å²) < 4.78 is 0.899. The van der Waals surface area contributed by atoms with Gasteiger partial charge in [0.15, 0.2) is 0 Å². The summed E-state index contributed by atoms with van der Waals surface area (Å²) in [4.78, 5) is 40.4. The van der Waals surface area contributed by atoms with Crippen molar-refractivity contribution in [3.05, 3.63) is 105 Å². The molecule has 0 spiro atoms. The Balaban J connectivity index is 1.59. The van der Waals surface area contributed by atoms with Gasteiger partial charge in [0, 0.05) is 10.9 Å². The molecule has 0 radical (unpaired) electrons. The summed E-state index contributed by atoms with van der Waals surface area (Å²) in [5, 5.41) is 3.07. The van der Waals surface area contributed by atoms with Crippen molar-refractivity contribution in [1.29, 1.82) is 0 Å². The Morgan fingerprint density at radius 1 is 0.833 bits per heavy atom. The zero-order valence-corrected chi connectivity index (χ0v) is 17.4. The summed E-state index contributed by atoms with van der Waals surface area (Å²) >= 11 is 3.52. The summed E-state index contributed by atoms with van der Waals surface area (Å²) in [6.45, 7) is 0. The van der Waals surface area contributed by atoms with E-state index in [-0.39, 0.29) is 18.4 Å². The second kappa shape index (κ2) is 7.22. The SMILES string of the molecule is O=C1NC(c2ccccc2)c2cc(Br)ccc2C[C@@H]1N1C(=O)c2ccccc2C1=O. The van der Waals surface area contributed by atoms with Crippen LogP contribution in [0.15, 0.2) is 77.3 Å². The lowest BCUT2D eigenvalue weighted by atomic mass is 9.93. The molecule has 3 aromatic carbocycles. The van der Waals surface area contributed by atoms with E-state index in [9.17, 15) is 14.4 Å². The third kappa shape index (κ3) is 2.95. The van der Waals surface area contributed by atoms with E-state index in [2.05, 4.69) is 21.2 Å². The third-order valence-corrected chi connectivity index (χ3v) is 6.18. The van der Waals surface area contributed by atoms with Crippen LogP contribution < -0.4 is 5.32 Å². The number of halogens is 1. The summed E-state index contributed by atoms with van der Waals surface area (Å²) in [6, 6.07) is 20.9. The molecule has 5 nitrogen and oxygen atoms in total. The maximum absolute atomic E-state index is 13.3. The van der Waals surface area contributed by atoms with Gasteiger partial charge in [-0.25, -0.2) is 0 Å². The predicted octanol–water partition coefficient (Wildman–Crippen LogP) is 3.88. The fourth-order valence-electron chi connectivity index (χ4n) is 4.25. The number of hydrogen-bond acceptors (Lipinski definition) is 3. The van der Waals surface area contributed by atoms with Crippen molar-refractivity contribution in [2.45, 2.75) is 18.5 Å². The molecule has 2 aliphatic rings. The Bertz CT molecular complexity index is 1160. The monoisotopic (exact) mass is 460 g/mol. The number of carbonyl (C=O) groups excluding carboxylic acids is 3. The Morgan fingerprint density at radius 2 is 1.47 bits per heavy atom. The largest absolute Gasteiger partial charge is 0.343 e. The molecule has 30 heavy (non-hydrogen) atoms. The van der Waals surface area contributed by atoms with E-state index < -0.39 is 17.9 Å². The molecule has 6 heteroatoms. The molecule has 1 N–H and O–H groups in total. The first-order chi connectivity index (χ1) is 14.5. The van der Waals surface area contributed by atoms with E-state index in [1.807, 2.05) is 48.5 Å². The van der Waals surface area contributed by atoms with Crippen molar-refractivity contribution >= 4 is 33.7 Å². The number of carbonyl (C=O) groups is 3. The van der Waals surface area contributed by atoms with Crippen molar-refractivity contribution in [3.63, 3.8) is 0 Å². The molecule has 2 aliphatic heterocycles. The van der Waals surface area contributed by atoms with Crippen molar-refractivity contribution in [1.82, 2.24) is 10.2 Å². The summed E-state index contributed by atoms with van der Waals surface area (Å²) in [7, 11) is 0. The van der Waals surface area contributed by atoms with Crippen LogP contribution in [0.4, 0.5) is 0 Å². The normalized spacial score (nSPS) is 20.4. The molecule has 0 saturated heterocycles. The number of nitrogens with zero attached hydrogens (tertiary/aromatic N) is 1. The number of rotatable bonds is 2. The molecular weight excluding hydrogens is 444 g/mol. The van der Waals surface area contributed by atoms with Crippen LogP contribution in [0.1, 0.15) is 43.4 Å². The smallest absolute Gasteiger partial charge is 0.262 e. The van der Waals surface area contributed by atoms with Gasteiger partial charge in [-0.3, -0.25) is 19.3 Å². The number of nitrogens with one attached hydrogen (secondary N) is 1. The lowest BCUT2D eigenvalue weighted by Crippen LogP contribution is -2.50. The summed E-state index contributed by atoms with van der Waals surface area (Å²) in [5.74, 6) is -1.19. The van der Waals surface area contributed by atoms with Crippen LogP contribution in [0.3, 0.4) is 0 Å². The first-order valence-corrected chi connectivity index (χ1v) is 10.4. The predicted molar refractivity (Wildman–Crippen MR) is 115 cm³/mol. The minimum atomic E-state index is -0.911. The van der Waals surface area contributed by atoms with Crippen LogP contribution in [0, 0.1) is 0 Å². The van der Waals surface area contributed by atoms with E-state index in [0.29, 0.717) is 11.1 Å². The number of hydrogen-bond donors (Lipinski definition) is 1. The van der Waals surface area contributed by atoms with Crippen molar-refractivity contribution in [2.24, 2.45) is 0 Å². The molecule has 0 saturated carbocycles. The van der Waals surface area contributed by atoms with Crippen LogP contribution in [0.2, 0.25) is 0 Å². The van der Waals surface area contributed by atoms with Gasteiger partial charge < -0.3 is 5.32 Å². The van der Waals surface area contributed by atoms with Crippen LogP contribution in [0.5, 0.6) is 0 Å². The van der Waals surface area contributed by atoms with Gasteiger partial charge in [0.05, 0.1) is 17.2 Å². The molecule has 5 rings (SSSR count). The third-order valence-electron chi connectivity index (χ3n) is 5.69. The van der Waals surface area contributed by atoms with Crippen molar-refractivity contribution < 1.29 is 14.4 Å². The van der Waals surface area contributed by atoms with E-state index in [4.69, 9.17) is 0 Å². The number of fused-ring (bicyclic) bond motifs is 2. The van der Waals surface area contributed by atoms with Gasteiger partial charge in [0.1, 0.15) is 6.04 Å². The maximum Gasteiger partial charge on any atom is 0.262 e. The van der Waals surface area contributed by atoms with Gasteiger partial charge in [-0.15, -0.1) is 0 Å². The highest BCUT2D eigenvalue weighted by molar-refractivity contribution is 9.10. The van der Waals surface area contributed by atoms with Crippen molar-refractivity contribution in [2.75, 3.05) is 0 Å². The summed E-state index contributed by atoms with van der Waals surface area (Å²) in [5.41, 5.74) is 3.49. The number of benzene rings is 3. The van der Waals surface area contributed by atoms with Crippen LogP contribution in [-0.2, 0) is 11.2 Å². The van der Waals surface area contributed by atoms with Gasteiger partial charge in [-0.05, 0) is 41.0 Å². The minimum Gasteiger partial charge on any atom is -0.343 e. The second-order valence-electron chi connectivity index (χ2n) is 7.44. The van der Waals surface area contributed by atoms with Crippen LogP contribution in [0.25, 0.3) is 0 Å². The fraction of sp³-hybridized carbons (Fsp3) is 0.125. The zero-order chi connectivity index (χ0) is 20.8. The highest BCUT2D eigenvalue weighted by Crippen LogP contribution is 2.34. The maximum atomic E-state index is 13.3. The average molecular weight is 461 g/mol. The van der Waals surface area contributed by atoms with Gasteiger partial charge in [-0.1, -0.05) is 64.5 Å². The van der Waals surface area contributed by atoms with Crippen molar-refractivity contribution in [3.8, 4) is 0 Å². The molecule has 2 atom stereocenters. The van der Waals surface area contributed by atoms with Gasteiger partial charge >= 0.3 is 0 Å². The quantitative estimate of drug-likeness (QED) is 0.590. The molecule has 0 bridgehead atoms. The molecule has 1 unspecified atom stereocenters. The molecule has 2 heterocycles. The Hall–Kier alpha value is -3.25. The molecule has 0 aromatic heterocycles. The number of amides is 3.